The minimum Gasteiger partial charge on any atom is -0.363 e. The number of nitrogens with zero attached hydrogens (tertiary/aromatic N) is 2. The Kier molecular flexibility index (Phi) is 6.11. The molecule has 35 heavy (non-hydrogen) atoms. The first-order valence-electron chi connectivity index (χ1n) is 11.5. The van der Waals surface area contributed by atoms with Crippen LogP contribution in [0.25, 0.3) is 21.7 Å². The Balaban J connectivity index is 1.45. The predicted octanol–water partition coefficient (Wildman–Crippen LogP) is 6.31. The molecular formula is C30H24N4O. The van der Waals surface area contributed by atoms with E-state index in [1.807, 2.05) is 42.5 Å². The lowest BCUT2D eigenvalue weighted by Gasteiger charge is -2.18. The Hall–Kier alpha value is -4.69. The van der Waals surface area contributed by atoms with Gasteiger partial charge in [-0.2, -0.15) is 0 Å². The maximum atomic E-state index is 11.3. The third kappa shape index (κ3) is 4.97. The molecule has 0 radical (unpaired) electrons. The van der Waals surface area contributed by atoms with Gasteiger partial charge in [0.05, 0.1) is 11.6 Å². The van der Waals surface area contributed by atoms with E-state index in [-0.39, 0.29) is 11.9 Å². The maximum absolute atomic E-state index is 11.3. The average Bonchev–Trinajstić information content (AvgIpc) is 2.87. The van der Waals surface area contributed by atoms with Gasteiger partial charge in [-0.05, 0) is 59.7 Å². The fourth-order valence-electron chi connectivity index (χ4n) is 4.18. The lowest BCUT2D eigenvalue weighted by molar-refractivity contribution is -0.114. The fraction of sp³-hybridized carbons (Fsp3) is 0.100. The van der Waals surface area contributed by atoms with Gasteiger partial charge in [0.25, 0.3) is 0 Å². The summed E-state index contributed by atoms with van der Waals surface area (Å²) in [6.45, 7) is 3.63. The minimum absolute atomic E-state index is 0.0467. The lowest BCUT2D eigenvalue weighted by atomic mass is 9.99. The molecule has 170 valence electrons. The summed E-state index contributed by atoms with van der Waals surface area (Å²) in [5, 5.41) is 9.72. The van der Waals surface area contributed by atoms with Gasteiger partial charge in [-0.3, -0.25) is 4.79 Å². The molecule has 0 fully saturated rings. The molecule has 5 aromatic rings. The standard InChI is InChI=1S/C30H24N4O/c1-20(26-12-6-9-24-8-3-4-11-27(24)26)33-30-28-18-23(15-16-29(28)31-19-32-30)14-13-22-7-5-10-25(17-22)34-21(2)35/h3-12,15-20H,1-2H3,(H,34,35)(H,31,32,33). The fourth-order valence-corrected chi connectivity index (χ4v) is 4.18. The first-order valence-corrected chi connectivity index (χ1v) is 11.5. The van der Waals surface area contributed by atoms with Crippen molar-refractivity contribution in [3.8, 4) is 11.8 Å². The Morgan fingerprint density at radius 3 is 2.46 bits per heavy atom. The van der Waals surface area contributed by atoms with Crippen molar-refractivity contribution in [3.63, 3.8) is 0 Å². The highest BCUT2D eigenvalue weighted by Gasteiger charge is 2.12. The van der Waals surface area contributed by atoms with Crippen molar-refractivity contribution >= 4 is 39.1 Å². The Labute approximate surface area is 204 Å². The molecular weight excluding hydrogens is 432 g/mol. The van der Waals surface area contributed by atoms with Gasteiger partial charge in [-0.1, -0.05) is 60.4 Å². The second-order valence-electron chi connectivity index (χ2n) is 8.40. The molecule has 1 amide bonds. The molecule has 1 unspecified atom stereocenters. The van der Waals surface area contributed by atoms with Crippen LogP contribution in [0, 0.1) is 11.8 Å². The van der Waals surface area contributed by atoms with Crippen molar-refractivity contribution in [3.05, 3.63) is 108 Å². The van der Waals surface area contributed by atoms with E-state index in [1.54, 1.807) is 6.33 Å². The van der Waals surface area contributed by atoms with Crippen molar-refractivity contribution < 1.29 is 4.79 Å². The van der Waals surface area contributed by atoms with Gasteiger partial charge < -0.3 is 10.6 Å². The van der Waals surface area contributed by atoms with Crippen LogP contribution >= 0.6 is 0 Å². The molecule has 0 spiro atoms. The van der Waals surface area contributed by atoms with Gasteiger partial charge in [-0.15, -0.1) is 0 Å². The van der Waals surface area contributed by atoms with Gasteiger partial charge in [0, 0.05) is 29.1 Å². The smallest absolute Gasteiger partial charge is 0.221 e. The van der Waals surface area contributed by atoms with E-state index in [0.717, 1.165) is 33.5 Å². The number of aromatic nitrogens is 2. The molecule has 0 aliphatic carbocycles. The minimum atomic E-state index is -0.109. The Bertz CT molecular complexity index is 1610. The molecule has 0 aliphatic rings. The number of rotatable bonds is 4. The predicted molar refractivity (Wildman–Crippen MR) is 142 cm³/mol. The Morgan fingerprint density at radius 2 is 1.60 bits per heavy atom. The molecule has 0 saturated carbocycles. The zero-order valence-corrected chi connectivity index (χ0v) is 19.5. The summed E-state index contributed by atoms with van der Waals surface area (Å²) in [6.07, 6.45) is 1.58. The molecule has 1 heterocycles. The van der Waals surface area contributed by atoms with Crippen LogP contribution in [0.5, 0.6) is 0 Å². The van der Waals surface area contributed by atoms with Crippen molar-refractivity contribution in [2.45, 2.75) is 19.9 Å². The molecule has 0 bridgehead atoms. The van der Waals surface area contributed by atoms with Crippen molar-refractivity contribution in [1.82, 2.24) is 9.97 Å². The summed E-state index contributed by atoms with van der Waals surface area (Å²) in [7, 11) is 0. The van der Waals surface area contributed by atoms with Gasteiger partial charge in [0.2, 0.25) is 5.91 Å². The molecule has 0 aliphatic heterocycles. The molecule has 1 aromatic heterocycles. The zero-order valence-electron chi connectivity index (χ0n) is 19.5. The number of hydrogen-bond donors (Lipinski definition) is 2. The number of carbonyl (C=O) groups excluding carboxylic acids is 1. The van der Waals surface area contributed by atoms with Gasteiger partial charge in [-0.25, -0.2) is 9.97 Å². The summed E-state index contributed by atoms with van der Waals surface area (Å²) < 4.78 is 0. The van der Waals surface area contributed by atoms with Crippen molar-refractivity contribution in [2.75, 3.05) is 10.6 Å². The number of fused-ring (bicyclic) bond motifs is 2. The topological polar surface area (TPSA) is 66.9 Å². The third-order valence-electron chi connectivity index (χ3n) is 5.81. The van der Waals surface area contributed by atoms with Crippen LogP contribution in [-0.4, -0.2) is 15.9 Å². The second kappa shape index (κ2) is 9.66. The van der Waals surface area contributed by atoms with Gasteiger partial charge in [0.15, 0.2) is 0 Å². The molecule has 4 aromatic carbocycles. The monoisotopic (exact) mass is 456 g/mol. The highest BCUT2D eigenvalue weighted by Crippen LogP contribution is 2.29. The summed E-state index contributed by atoms with van der Waals surface area (Å²) in [5.74, 6) is 7.07. The van der Waals surface area contributed by atoms with Crippen LogP contribution in [-0.2, 0) is 4.79 Å². The number of anilines is 2. The average molecular weight is 457 g/mol. The quantitative estimate of drug-likeness (QED) is 0.311. The Morgan fingerprint density at radius 1 is 0.829 bits per heavy atom. The molecule has 5 rings (SSSR count). The summed E-state index contributed by atoms with van der Waals surface area (Å²) >= 11 is 0. The number of nitrogens with one attached hydrogen (secondary N) is 2. The van der Waals surface area contributed by atoms with Crippen LogP contribution in [0.15, 0.2) is 91.3 Å². The van der Waals surface area contributed by atoms with Crippen molar-refractivity contribution in [1.29, 1.82) is 0 Å². The zero-order chi connectivity index (χ0) is 24.2. The van der Waals surface area contributed by atoms with E-state index in [2.05, 4.69) is 81.8 Å². The molecule has 5 heteroatoms. The van der Waals surface area contributed by atoms with E-state index in [1.165, 1.54) is 23.3 Å². The van der Waals surface area contributed by atoms with Crippen LogP contribution in [0.2, 0.25) is 0 Å². The number of benzene rings is 4. The second-order valence-corrected chi connectivity index (χ2v) is 8.40. The van der Waals surface area contributed by atoms with E-state index >= 15 is 0 Å². The lowest BCUT2D eigenvalue weighted by Crippen LogP contribution is -2.09. The highest BCUT2D eigenvalue weighted by molar-refractivity contribution is 5.91. The first kappa shape index (κ1) is 22.1. The van der Waals surface area contributed by atoms with Gasteiger partial charge in [0.1, 0.15) is 12.1 Å². The number of carbonyl (C=O) groups is 1. The number of amides is 1. The van der Waals surface area contributed by atoms with Gasteiger partial charge >= 0.3 is 0 Å². The summed E-state index contributed by atoms with van der Waals surface area (Å²) in [6, 6.07) is 28.2. The summed E-state index contributed by atoms with van der Waals surface area (Å²) in [4.78, 5) is 20.3. The largest absolute Gasteiger partial charge is 0.363 e. The molecule has 2 N–H and O–H groups in total. The van der Waals surface area contributed by atoms with Crippen LogP contribution in [0.4, 0.5) is 11.5 Å². The molecule has 1 atom stereocenters. The van der Waals surface area contributed by atoms with Crippen LogP contribution in [0.3, 0.4) is 0 Å². The number of hydrogen-bond acceptors (Lipinski definition) is 4. The maximum Gasteiger partial charge on any atom is 0.221 e. The third-order valence-corrected chi connectivity index (χ3v) is 5.81. The van der Waals surface area contributed by atoms with E-state index < -0.39 is 0 Å². The molecule has 0 saturated heterocycles. The molecule has 5 nitrogen and oxygen atoms in total. The van der Waals surface area contributed by atoms with E-state index in [0.29, 0.717) is 0 Å². The van der Waals surface area contributed by atoms with Crippen molar-refractivity contribution in [2.24, 2.45) is 0 Å². The summed E-state index contributed by atoms with van der Waals surface area (Å²) in [5.41, 5.74) is 4.47. The highest BCUT2D eigenvalue weighted by atomic mass is 16.1. The van der Waals surface area contributed by atoms with E-state index in [9.17, 15) is 4.79 Å². The van der Waals surface area contributed by atoms with E-state index in [4.69, 9.17) is 0 Å². The van der Waals surface area contributed by atoms with Crippen LogP contribution < -0.4 is 10.6 Å². The first-order chi connectivity index (χ1) is 17.1. The normalized spacial score (nSPS) is 11.5. The SMILES string of the molecule is CC(=O)Nc1cccc(C#Cc2ccc3ncnc(NC(C)c4cccc5ccccc45)c3c2)c1. The van der Waals surface area contributed by atoms with Crippen LogP contribution in [0.1, 0.15) is 36.6 Å².